The first-order valence-corrected chi connectivity index (χ1v) is 10.1. The summed E-state index contributed by atoms with van der Waals surface area (Å²) in [6, 6.07) is 7.64. The van der Waals surface area contributed by atoms with E-state index in [0.717, 1.165) is 12.8 Å². The zero-order chi connectivity index (χ0) is 18.3. The van der Waals surface area contributed by atoms with Crippen LogP contribution in [0.2, 0.25) is 0 Å². The third-order valence-corrected chi connectivity index (χ3v) is 5.72. The number of nitrogens with zero attached hydrogens (tertiary/aromatic N) is 3. The number of rotatable bonds is 4. The maximum atomic E-state index is 12.9. The van der Waals surface area contributed by atoms with Gasteiger partial charge in [0.1, 0.15) is 0 Å². The van der Waals surface area contributed by atoms with E-state index in [0.29, 0.717) is 29.1 Å². The van der Waals surface area contributed by atoms with Crippen molar-refractivity contribution in [2.24, 2.45) is 0 Å². The van der Waals surface area contributed by atoms with Crippen molar-refractivity contribution in [2.45, 2.75) is 50.1 Å². The molecule has 1 amide bonds. The molecule has 1 saturated carbocycles. The summed E-state index contributed by atoms with van der Waals surface area (Å²) < 4.78 is 7.48. The SMILES string of the molecule is C[C@H]1CN(C(=O)CSc2nc3ccccc3c(=O)n2C2CC2)C[C@H](C)O1. The predicted molar refractivity (Wildman–Crippen MR) is 102 cm³/mol. The second-order valence-corrected chi connectivity index (χ2v) is 8.11. The second-order valence-electron chi connectivity index (χ2n) is 7.16. The van der Waals surface area contributed by atoms with E-state index >= 15 is 0 Å². The summed E-state index contributed by atoms with van der Waals surface area (Å²) in [5.41, 5.74) is 0.694. The normalized spacial score (nSPS) is 23.4. The Balaban J connectivity index is 1.56. The molecule has 2 heterocycles. The monoisotopic (exact) mass is 373 g/mol. The number of para-hydroxylation sites is 1. The number of carbonyl (C=O) groups is 1. The molecular formula is C19H23N3O3S. The molecule has 2 fully saturated rings. The van der Waals surface area contributed by atoms with E-state index in [2.05, 4.69) is 4.98 Å². The van der Waals surface area contributed by atoms with Crippen molar-refractivity contribution in [2.75, 3.05) is 18.8 Å². The maximum absolute atomic E-state index is 12.9. The third kappa shape index (κ3) is 3.50. The molecule has 2 aromatic rings. The molecule has 2 atom stereocenters. The highest BCUT2D eigenvalue weighted by molar-refractivity contribution is 7.99. The van der Waals surface area contributed by atoms with Crippen LogP contribution in [0.1, 0.15) is 32.7 Å². The van der Waals surface area contributed by atoms with Crippen molar-refractivity contribution in [3.8, 4) is 0 Å². The number of amides is 1. The van der Waals surface area contributed by atoms with Gasteiger partial charge in [-0.15, -0.1) is 0 Å². The van der Waals surface area contributed by atoms with E-state index in [-0.39, 0.29) is 35.5 Å². The van der Waals surface area contributed by atoms with Gasteiger partial charge in [-0.25, -0.2) is 4.98 Å². The number of thioether (sulfide) groups is 1. The first-order valence-electron chi connectivity index (χ1n) is 9.10. The molecule has 1 aromatic carbocycles. The number of ether oxygens (including phenoxy) is 1. The number of aromatic nitrogens is 2. The molecule has 4 rings (SSSR count). The van der Waals surface area contributed by atoms with Gasteiger partial charge in [0, 0.05) is 19.1 Å². The van der Waals surface area contributed by atoms with Crippen LogP contribution in [0.15, 0.2) is 34.2 Å². The summed E-state index contributed by atoms with van der Waals surface area (Å²) in [6.07, 6.45) is 2.10. The van der Waals surface area contributed by atoms with Crippen molar-refractivity contribution in [1.82, 2.24) is 14.5 Å². The summed E-state index contributed by atoms with van der Waals surface area (Å²) in [5.74, 6) is 0.360. The molecule has 0 spiro atoms. The van der Waals surface area contributed by atoms with E-state index in [1.807, 2.05) is 43.0 Å². The average molecular weight is 373 g/mol. The summed E-state index contributed by atoms with van der Waals surface area (Å²) in [7, 11) is 0. The lowest BCUT2D eigenvalue weighted by Gasteiger charge is -2.35. The first kappa shape index (κ1) is 17.5. The van der Waals surface area contributed by atoms with Gasteiger partial charge in [0.25, 0.3) is 5.56 Å². The molecule has 1 aliphatic carbocycles. The van der Waals surface area contributed by atoms with Crippen LogP contribution in [0, 0.1) is 0 Å². The van der Waals surface area contributed by atoms with Gasteiger partial charge >= 0.3 is 0 Å². The van der Waals surface area contributed by atoms with Crippen LogP contribution in [0.3, 0.4) is 0 Å². The molecular weight excluding hydrogens is 350 g/mol. The van der Waals surface area contributed by atoms with Gasteiger partial charge in [-0.2, -0.15) is 0 Å². The highest BCUT2D eigenvalue weighted by atomic mass is 32.2. The Morgan fingerprint density at radius 2 is 1.92 bits per heavy atom. The minimum Gasteiger partial charge on any atom is -0.372 e. The van der Waals surface area contributed by atoms with Gasteiger partial charge < -0.3 is 9.64 Å². The lowest BCUT2D eigenvalue weighted by molar-refractivity contribution is -0.140. The Kier molecular flexibility index (Phi) is 4.75. The summed E-state index contributed by atoms with van der Waals surface area (Å²) >= 11 is 1.37. The second kappa shape index (κ2) is 7.04. The van der Waals surface area contributed by atoms with Gasteiger partial charge in [0.05, 0.1) is 28.9 Å². The highest BCUT2D eigenvalue weighted by Gasteiger charge is 2.30. The van der Waals surface area contributed by atoms with Crippen molar-refractivity contribution in [3.63, 3.8) is 0 Å². The summed E-state index contributed by atoms with van der Waals surface area (Å²) in [4.78, 5) is 32.0. The first-order chi connectivity index (χ1) is 12.5. The van der Waals surface area contributed by atoms with Gasteiger partial charge in [-0.05, 0) is 38.8 Å². The Hall–Kier alpha value is -1.86. The van der Waals surface area contributed by atoms with Crippen LogP contribution in [-0.4, -0.2) is 51.4 Å². The summed E-state index contributed by atoms with van der Waals surface area (Å²) in [6.45, 7) is 5.20. The van der Waals surface area contributed by atoms with Crippen LogP contribution in [0.5, 0.6) is 0 Å². The molecule has 0 radical (unpaired) electrons. The van der Waals surface area contributed by atoms with E-state index in [4.69, 9.17) is 4.74 Å². The van der Waals surface area contributed by atoms with Crippen molar-refractivity contribution in [3.05, 3.63) is 34.6 Å². The van der Waals surface area contributed by atoms with E-state index in [1.54, 1.807) is 4.57 Å². The molecule has 1 aliphatic heterocycles. The minimum atomic E-state index is 0.00154. The number of benzene rings is 1. The molecule has 1 saturated heterocycles. The van der Waals surface area contributed by atoms with E-state index < -0.39 is 0 Å². The number of carbonyl (C=O) groups excluding carboxylic acids is 1. The number of hydrogen-bond donors (Lipinski definition) is 0. The molecule has 138 valence electrons. The lowest BCUT2D eigenvalue weighted by Crippen LogP contribution is -2.48. The average Bonchev–Trinajstić information content (AvgIpc) is 3.43. The van der Waals surface area contributed by atoms with Crippen molar-refractivity contribution >= 4 is 28.6 Å². The van der Waals surface area contributed by atoms with Gasteiger partial charge in [-0.1, -0.05) is 23.9 Å². The van der Waals surface area contributed by atoms with Gasteiger partial charge in [0.15, 0.2) is 5.16 Å². The fourth-order valence-corrected chi connectivity index (χ4v) is 4.45. The molecule has 0 unspecified atom stereocenters. The highest BCUT2D eigenvalue weighted by Crippen LogP contribution is 2.36. The third-order valence-electron chi connectivity index (χ3n) is 4.78. The quantitative estimate of drug-likeness (QED) is 0.608. The fourth-order valence-electron chi connectivity index (χ4n) is 3.48. The Morgan fingerprint density at radius 1 is 1.23 bits per heavy atom. The topological polar surface area (TPSA) is 64.4 Å². The molecule has 7 heteroatoms. The Morgan fingerprint density at radius 3 is 2.62 bits per heavy atom. The molecule has 2 aliphatic rings. The van der Waals surface area contributed by atoms with Crippen LogP contribution in [0.4, 0.5) is 0 Å². The molecule has 0 bridgehead atoms. The van der Waals surface area contributed by atoms with E-state index in [9.17, 15) is 9.59 Å². The fraction of sp³-hybridized carbons (Fsp3) is 0.526. The van der Waals surface area contributed by atoms with Gasteiger partial charge in [0.2, 0.25) is 5.91 Å². The largest absolute Gasteiger partial charge is 0.372 e. The predicted octanol–water partition coefficient (Wildman–Crippen LogP) is 2.46. The molecule has 1 aromatic heterocycles. The number of morpholine rings is 1. The lowest BCUT2D eigenvalue weighted by atomic mass is 10.2. The zero-order valence-electron chi connectivity index (χ0n) is 15.1. The van der Waals surface area contributed by atoms with Crippen molar-refractivity contribution in [1.29, 1.82) is 0 Å². The minimum absolute atomic E-state index is 0.00154. The standard InChI is InChI=1S/C19H23N3O3S/c1-12-9-21(10-13(2)25-12)17(23)11-26-19-20-16-6-4-3-5-15(16)18(24)22(19)14-7-8-14/h3-6,12-14H,7-11H2,1-2H3/t12-,13-/m0/s1. The Bertz CT molecular complexity index is 883. The van der Waals surface area contributed by atoms with Crippen LogP contribution >= 0.6 is 11.8 Å². The number of hydrogen-bond acceptors (Lipinski definition) is 5. The smallest absolute Gasteiger partial charge is 0.262 e. The molecule has 6 nitrogen and oxygen atoms in total. The molecule has 26 heavy (non-hydrogen) atoms. The van der Waals surface area contributed by atoms with Crippen LogP contribution in [0.25, 0.3) is 10.9 Å². The number of fused-ring (bicyclic) bond motifs is 1. The summed E-state index contributed by atoms with van der Waals surface area (Å²) in [5, 5.41) is 1.30. The Labute approximate surface area is 156 Å². The van der Waals surface area contributed by atoms with Crippen molar-refractivity contribution < 1.29 is 9.53 Å². The van der Waals surface area contributed by atoms with E-state index in [1.165, 1.54) is 11.8 Å². The van der Waals surface area contributed by atoms with Crippen LogP contribution in [-0.2, 0) is 9.53 Å². The maximum Gasteiger partial charge on any atom is 0.262 e. The van der Waals surface area contributed by atoms with Crippen LogP contribution < -0.4 is 5.56 Å². The van der Waals surface area contributed by atoms with Gasteiger partial charge in [-0.3, -0.25) is 14.2 Å². The zero-order valence-corrected chi connectivity index (χ0v) is 15.9. The molecule has 0 N–H and O–H groups in total.